The molecule has 0 radical (unpaired) electrons. The molecule has 2 heterocycles. The SMILES string of the molecule is COc1ccc(CNc2nnc(C)c3cc(-c4cc(Cl)cnc4OC)ccc23)c(OC)c1. The lowest BCUT2D eigenvalue weighted by molar-refractivity contribution is 0.391. The molecule has 0 atom stereocenters. The molecule has 0 aliphatic heterocycles. The third kappa shape index (κ3) is 4.24. The van der Waals surface area contributed by atoms with Gasteiger partial charge in [-0.3, -0.25) is 0 Å². The van der Waals surface area contributed by atoms with Crippen molar-refractivity contribution in [2.45, 2.75) is 13.5 Å². The van der Waals surface area contributed by atoms with E-state index in [9.17, 15) is 0 Å². The maximum Gasteiger partial charge on any atom is 0.221 e. The Hall–Kier alpha value is -3.58. The average Bonchev–Trinajstić information content (AvgIpc) is 2.83. The van der Waals surface area contributed by atoms with Crippen LogP contribution in [0.4, 0.5) is 5.82 Å². The summed E-state index contributed by atoms with van der Waals surface area (Å²) < 4.78 is 16.2. The number of nitrogens with one attached hydrogen (secondary N) is 1. The van der Waals surface area contributed by atoms with Gasteiger partial charge in [0.05, 0.1) is 32.0 Å². The van der Waals surface area contributed by atoms with E-state index in [1.807, 2.05) is 49.4 Å². The third-order valence-electron chi connectivity index (χ3n) is 5.23. The highest BCUT2D eigenvalue weighted by Gasteiger charge is 2.13. The Kier molecular flexibility index (Phi) is 6.28. The van der Waals surface area contributed by atoms with Crippen LogP contribution in [-0.4, -0.2) is 36.5 Å². The van der Waals surface area contributed by atoms with Crippen LogP contribution in [0.1, 0.15) is 11.3 Å². The number of nitrogens with zero attached hydrogens (tertiary/aromatic N) is 3. The van der Waals surface area contributed by atoms with E-state index in [1.165, 1.54) is 0 Å². The molecular weight excluding hydrogens is 428 g/mol. The monoisotopic (exact) mass is 450 g/mol. The fourth-order valence-electron chi connectivity index (χ4n) is 3.55. The highest BCUT2D eigenvalue weighted by Crippen LogP contribution is 2.34. The van der Waals surface area contributed by atoms with Crippen LogP contribution in [0.25, 0.3) is 21.9 Å². The first kappa shape index (κ1) is 21.6. The molecule has 0 aliphatic rings. The highest BCUT2D eigenvalue weighted by molar-refractivity contribution is 6.30. The second-order valence-electron chi connectivity index (χ2n) is 7.14. The van der Waals surface area contributed by atoms with E-state index in [1.54, 1.807) is 27.5 Å². The van der Waals surface area contributed by atoms with Gasteiger partial charge in [0.1, 0.15) is 11.5 Å². The smallest absolute Gasteiger partial charge is 0.221 e. The van der Waals surface area contributed by atoms with E-state index in [4.69, 9.17) is 25.8 Å². The Labute approximate surface area is 191 Å². The lowest BCUT2D eigenvalue weighted by Gasteiger charge is -2.14. The van der Waals surface area contributed by atoms with Crippen molar-refractivity contribution in [2.75, 3.05) is 26.6 Å². The number of ether oxygens (including phenoxy) is 3. The van der Waals surface area contributed by atoms with Crippen molar-refractivity contribution >= 4 is 28.2 Å². The maximum absolute atomic E-state index is 6.17. The van der Waals surface area contributed by atoms with Crippen LogP contribution >= 0.6 is 11.6 Å². The van der Waals surface area contributed by atoms with E-state index < -0.39 is 0 Å². The van der Waals surface area contributed by atoms with Crippen LogP contribution < -0.4 is 19.5 Å². The number of fused-ring (bicyclic) bond motifs is 1. The third-order valence-corrected chi connectivity index (χ3v) is 5.43. The Morgan fingerprint density at radius 2 is 1.75 bits per heavy atom. The second kappa shape index (κ2) is 9.28. The first-order chi connectivity index (χ1) is 15.5. The van der Waals surface area contributed by atoms with Crippen LogP contribution in [0.2, 0.25) is 5.02 Å². The van der Waals surface area contributed by atoms with Crippen molar-refractivity contribution < 1.29 is 14.2 Å². The van der Waals surface area contributed by atoms with Crippen molar-refractivity contribution in [2.24, 2.45) is 0 Å². The molecule has 8 heteroatoms. The van der Waals surface area contributed by atoms with Gasteiger partial charge >= 0.3 is 0 Å². The summed E-state index contributed by atoms with van der Waals surface area (Å²) in [4.78, 5) is 4.27. The number of methoxy groups -OCH3 is 3. The van der Waals surface area contributed by atoms with Gasteiger partial charge in [-0.2, -0.15) is 5.10 Å². The summed E-state index contributed by atoms with van der Waals surface area (Å²) in [6.07, 6.45) is 1.57. The Morgan fingerprint density at radius 3 is 2.50 bits per heavy atom. The van der Waals surface area contributed by atoms with E-state index in [2.05, 4.69) is 20.5 Å². The zero-order chi connectivity index (χ0) is 22.7. The summed E-state index contributed by atoms with van der Waals surface area (Å²) in [5, 5.41) is 14.6. The summed E-state index contributed by atoms with van der Waals surface area (Å²) >= 11 is 6.17. The van der Waals surface area contributed by atoms with Crippen molar-refractivity contribution in [3.05, 3.63) is 64.9 Å². The number of aryl methyl sites for hydroxylation is 1. The molecule has 0 unspecified atom stereocenters. The molecule has 2 aromatic heterocycles. The van der Waals surface area contributed by atoms with Crippen molar-refractivity contribution in [1.29, 1.82) is 0 Å². The van der Waals surface area contributed by atoms with Gasteiger partial charge in [0.2, 0.25) is 5.88 Å². The summed E-state index contributed by atoms with van der Waals surface area (Å²) in [5.41, 5.74) is 3.55. The van der Waals surface area contributed by atoms with Crippen molar-refractivity contribution in [1.82, 2.24) is 15.2 Å². The molecule has 164 valence electrons. The Balaban J connectivity index is 1.69. The average molecular weight is 451 g/mol. The topological polar surface area (TPSA) is 78.4 Å². The molecule has 0 fully saturated rings. The molecule has 7 nitrogen and oxygen atoms in total. The van der Waals surface area contributed by atoms with Crippen LogP contribution in [0, 0.1) is 6.92 Å². The molecule has 4 rings (SSSR count). The molecule has 32 heavy (non-hydrogen) atoms. The van der Waals surface area contributed by atoms with Crippen LogP contribution in [0.15, 0.2) is 48.7 Å². The molecule has 0 aliphatic carbocycles. The van der Waals surface area contributed by atoms with Crippen LogP contribution in [0.5, 0.6) is 17.4 Å². The highest BCUT2D eigenvalue weighted by atomic mass is 35.5. The molecule has 0 saturated heterocycles. The predicted molar refractivity (Wildman–Crippen MR) is 126 cm³/mol. The normalized spacial score (nSPS) is 10.8. The number of anilines is 1. The second-order valence-corrected chi connectivity index (χ2v) is 7.57. The maximum atomic E-state index is 6.17. The van der Waals surface area contributed by atoms with E-state index in [-0.39, 0.29) is 0 Å². The Bertz CT molecular complexity index is 1280. The first-order valence-electron chi connectivity index (χ1n) is 9.95. The molecular formula is C24H23ClN4O3. The van der Waals surface area contributed by atoms with Gasteiger partial charge in [-0.05, 0) is 42.8 Å². The number of benzene rings is 2. The fourth-order valence-corrected chi connectivity index (χ4v) is 3.71. The van der Waals surface area contributed by atoms with Gasteiger partial charge in [-0.15, -0.1) is 5.10 Å². The summed E-state index contributed by atoms with van der Waals surface area (Å²) in [7, 11) is 4.86. The fraction of sp³-hybridized carbons (Fsp3) is 0.208. The van der Waals surface area contributed by atoms with Crippen molar-refractivity contribution in [3.63, 3.8) is 0 Å². The zero-order valence-corrected chi connectivity index (χ0v) is 19.0. The number of aromatic nitrogens is 3. The van der Waals surface area contributed by atoms with Gasteiger partial charge in [0.15, 0.2) is 5.82 Å². The van der Waals surface area contributed by atoms with E-state index in [0.29, 0.717) is 23.3 Å². The lowest BCUT2D eigenvalue weighted by atomic mass is 10.0. The summed E-state index contributed by atoms with van der Waals surface area (Å²) in [5.74, 6) is 2.68. The standard InChI is InChI=1S/C24H23ClN4O3/c1-14-20-9-15(21-10-17(25)13-27-24(21)32-4)6-8-19(20)23(29-28-14)26-12-16-5-7-18(30-2)11-22(16)31-3/h5-11,13H,12H2,1-4H3,(H,26,29). The van der Waals surface area contributed by atoms with E-state index in [0.717, 1.165) is 44.7 Å². The van der Waals surface area contributed by atoms with Crippen LogP contribution in [0.3, 0.4) is 0 Å². The van der Waals surface area contributed by atoms with Crippen LogP contribution in [-0.2, 0) is 6.54 Å². The summed E-state index contributed by atoms with van der Waals surface area (Å²) in [6, 6.07) is 13.6. The van der Waals surface area contributed by atoms with Gasteiger partial charge < -0.3 is 19.5 Å². The molecule has 2 aromatic carbocycles. The quantitative estimate of drug-likeness (QED) is 0.409. The molecule has 1 N–H and O–H groups in total. The molecule has 0 saturated carbocycles. The molecule has 0 bridgehead atoms. The summed E-state index contributed by atoms with van der Waals surface area (Å²) in [6.45, 7) is 2.46. The predicted octanol–water partition coefficient (Wildman–Crippen LogP) is 5.29. The number of hydrogen-bond donors (Lipinski definition) is 1. The zero-order valence-electron chi connectivity index (χ0n) is 18.3. The number of pyridine rings is 1. The first-order valence-corrected chi connectivity index (χ1v) is 10.3. The van der Waals surface area contributed by atoms with Gasteiger partial charge in [-0.25, -0.2) is 4.98 Å². The Morgan fingerprint density at radius 1 is 0.906 bits per heavy atom. The molecule has 4 aromatic rings. The van der Waals surface area contributed by atoms with Gasteiger partial charge in [0.25, 0.3) is 0 Å². The minimum Gasteiger partial charge on any atom is -0.497 e. The van der Waals surface area contributed by atoms with Gasteiger partial charge in [-0.1, -0.05) is 17.7 Å². The minimum absolute atomic E-state index is 0.512. The number of hydrogen-bond acceptors (Lipinski definition) is 7. The minimum atomic E-state index is 0.512. The number of halogens is 1. The lowest BCUT2D eigenvalue weighted by Crippen LogP contribution is -2.06. The van der Waals surface area contributed by atoms with E-state index >= 15 is 0 Å². The molecule has 0 spiro atoms. The van der Waals surface area contributed by atoms with Gasteiger partial charge in [0, 0.05) is 40.7 Å². The molecule has 0 amide bonds. The largest absolute Gasteiger partial charge is 0.497 e. The number of rotatable bonds is 7. The van der Waals surface area contributed by atoms with Crippen molar-refractivity contribution in [3.8, 4) is 28.5 Å².